The van der Waals surface area contributed by atoms with E-state index in [0.29, 0.717) is 140 Å². The summed E-state index contributed by atoms with van der Waals surface area (Å²) in [4.78, 5) is 45.3. The standard InChI is InChI=1S/C53H75F4N7O20S2/c1-3-9-63(83-4-2)53(67)41-30-40-6-5-39(31-43(40)61-44(58)32-41)42-34-60-64(37-42)86(71,72)62-35-38(36-62)33-59-45(65)7-10-73-12-14-75-16-18-77-20-22-79-24-26-81-28-29-82-27-25-80-23-21-78-19-17-76-15-13-74-11-8-46(66)84-51-47(54)49(56)52(85(68,69)70)50(57)48(51)55/h5-6,30-31,34,37-38H,3-4,7-29,32-33,35-36H2,1-2H3,(H2,58,61)(H,59,65)(H,68,69,70). The zero-order chi connectivity index (χ0) is 62.3. The van der Waals surface area contributed by atoms with E-state index in [4.69, 9.17) is 62.5 Å². The fraction of sp³-hybridized carbons (Fsp3) is 0.604. The minimum Gasteiger partial charge on any atom is -0.420 e. The molecule has 1 saturated heterocycles. The average Bonchev–Trinajstić information content (AvgIpc) is 2.67. The summed E-state index contributed by atoms with van der Waals surface area (Å²) in [6, 6.07) is 5.37. The van der Waals surface area contributed by atoms with Crippen LogP contribution in [0.1, 0.15) is 45.1 Å². The SMILES string of the molecule is CCCN(OCC)C(=O)C1=Cc2ccc(-c3cnn(S(=O)(=O)N4CC(CNC(=O)CCOCCOCCOCCOCCOCCOCCOCCOCCOCCOCCC(=O)Oc5c(F)c(F)c(S(=O)(=O)O)c(F)c5F)C4)c3)cc2N=C(N)C1. The number of fused-ring (bicyclic) bond motifs is 1. The number of amides is 2. The Balaban J connectivity index is 0.744. The molecule has 0 aliphatic carbocycles. The number of aliphatic imine (C=N–C) groups is 1. The molecule has 1 fully saturated rings. The van der Waals surface area contributed by atoms with Gasteiger partial charge >= 0.3 is 26.3 Å². The van der Waals surface area contributed by atoms with Gasteiger partial charge in [0.1, 0.15) is 5.84 Å². The van der Waals surface area contributed by atoms with Crippen molar-refractivity contribution in [2.75, 3.05) is 165 Å². The van der Waals surface area contributed by atoms with Crippen LogP contribution in [0.2, 0.25) is 0 Å². The maximum atomic E-state index is 14.0. The number of esters is 1. The summed E-state index contributed by atoms with van der Waals surface area (Å²) in [5.74, 6) is -13.0. The van der Waals surface area contributed by atoms with Gasteiger partial charge in [-0.1, -0.05) is 19.1 Å². The molecule has 2 aromatic carbocycles. The van der Waals surface area contributed by atoms with Crippen LogP contribution in [0.15, 0.2) is 46.1 Å². The van der Waals surface area contributed by atoms with Crippen molar-refractivity contribution in [3.8, 4) is 16.9 Å². The van der Waals surface area contributed by atoms with Crippen molar-refractivity contribution < 1.29 is 110 Å². The molecule has 0 unspecified atom stereocenters. The number of halogens is 4. The van der Waals surface area contributed by atoms with E-state index in [9.17, 15) is 48.8 Å². The van der Waals surface area contributed by atoms with Gasteiger partial charge in [0.2, 0.25) is 23.3 Å². The Morgan fingerprint density at radius 1 is 0.686 bits per heavy atom. The number of hydrogen-bond donors (Lipinski definition) is 3. The van der Waals surface area contributed by atoms with Crippen molar-refractivity contribution >= 4 is 55.7 Å². The van der Waals surface area contributed by atoms with Crippen LogP contribution in [-0.2, 0) is 86.9 Å². The van der Waals surface area contributed by atoms with Crippen molar-refractivity contribution in [2.45, 2.75) is 44.4 Å². The number of amidine groups is 1. The highest BCUT2D eigenvalue weighted by Gasteiger charge is 2.38. The molecule has 482 valence electrons. The lowest BCUT2D eigenvalue weighted by atomic mass is 10.0. The van der Waals surface area contributed by atoms with E-state index in [0.717, 1.165) is 10.5 Å². The Morgan fingerprint density at radius 3 is 1.63 bits per heavy atom. The minimum absolute atomic E-state index is 0.0104. The van der Waals surface area contributed by atoms with E-state index in [1.807, 2.05) is 13.8 Å². The number of benzene rings is 2. The molecule has 5 rings (SSSR count). The van der Waals surface area contributed by atoms with Crippen molar-refractivity contribution in [1.29, 1.82) is 0 Å². The number of carbonyl (C=O) groups excluding carboxylic acids is 3. The second-order valence-electron chi connectivity index (χ2n) is 18.6. The number of hydroxylamine groups is 2. The number of hydrogen-bond acceptors (Lipinski definition) is 22. The van der Waals surface area contributed by atoms with Crippen LogP contribution in [0.4, 0.5) is 23.2 Å². The molecule has 27 nitrogen and oxygen atoms in total. The zero-order valence-corrected chi connectivity index (χ0v) is 49.5. The average molecular weight is 1270 g/mol. The molecular weight excluding hydrogens is 1190 g/mol. The van der Waals surface area contributed by atoms with Gasteiger partial charge in [0.15, 0.2) is 16.5 Å². The van der Waals surface area contributed by atoms with E-state index in [2.05, 4.69) is 20.1 Å². The van der Waals surface area contributed by atoms with Crippen molar-refractivity contribution in [1.82, 2.24) is 23.9 Å². The molecule has 0 bridgehead atoms. The maximum Gasteiger partial charge on any atom is 0.322 e. The van der Waals surface area contributed by atoms with Gasteiger partial charge < -0.3 is 63.2 Å². The van der Waals surface area contributed by atoms with Gasteiger partial charge in [-0.15, -0.1) is 0 Å². The number of carbonyl (C=O) groups is 3. The molecule has 0 spiro atoms. The van der Waals surface area contributed by atoms with Crippen molar-refractivity contribution in [3.05, 3.63) is 65.0 Å². The van der Waals surface area contributed by atoms with Gasteiger partial charge in [-0.3, -0.25) is 23.8 Å². The molecule has 2 aliphatic rings. The minimum atomic E-state index is -5.66. The number of nitrogens with one attached hydrogen (secondary N) is 1. The molecule has 0 radical (unpaired) electrons. The number of rotatable bonds is 45. The summed E-state index contributed by atoms with van der Waals surface area (Å²) in [6.45, 7) is 10.7. The first-order valence-corrected chi connectivity index (χ1v) is 30.5. The second-order valence-corrected chi connectivity index (χ2v) is 21.8. The first kappa shape index (κ1) is 71.1. The third-order valence-corrected chi connectivity index (χ3v) is 14.6. The number of nitrogens with two attached hydrogens (primary N) is 1. The highest BCUT2D eigenvalue weighted by molar-refractivity contribution is 7.87. The first-order chi connectivity index (χ1) is 41.3. The van der Waals surface area contributed by atoms with Crippen LogP contribution >= 0.6 is 0 Å². The number of ether oxygens (including phenoxy) is 11. The molecule has 4 N–H and O–H groups in total. The summed E-state index contributed by atoms with van der Waals surface area (Å²) in [5, 5.41) is 8.31. The Bertz CT molecular complexity index is 2880. The summed E-state index contributed by atoms with van der Waals surface area (Å²) < 4.78 is 174. The van der Waals surface area contributed by atoms with E-state index in [1.54, 1.807) is 24.3 Å². The number of nitrogens with zero attached hydrogens (tertiary/aromatic N) is 5. The smallest absolute Gasteiger partial charge is 0.322 e. The third-order valence-electron chi connectivity index (χ3n) is 12.1. The highest BCUT2D eigenvalue weighted by atomic mass is 32.2. The summed E-state index contributed by atoms with van der Waals surface area (Å²) in [7, 11) is -9.60. The lowest BCUT2D eigenvalue weighted by Gasteiger charge is -2.37. The van der Waals surface area contributed by atoms with Gasteiger partial charge in [0.25, 0.3) is 5.91 Å². The Labute approximate surface area is 496 Å². The first-order valence-electron chi connectivity index (χ1n) is 27.6. The zero-order valence-electron chi connectivity index (χ0n) is 47.9. The van der Waals surface area contributed by atoms with Gasteiger partial charge in [-0.2, -0.15) is 39.1 Å². The lowest BCUT2D eigenvalue weighted by molar-refractivity contribution is -0.180. The molecular formula is C53H75F4N7O20S2. The predicted octanol–water partition coefficient (Wildman–Crippen LogP) is 3.01. The molecule has 3 aromatic rings. The Morgan fingerprint density at radius 2 is 1.16 bits per heavy atom. The Kier molecular flexibility index (Phi) is 31.4. The second kappa shape index (κ2) is 37.9. The van der Waals surface area contributed by atoms with Crippen molar-refractivity contribution in [2.24, 2.45) is 16.6 Å². The summed E-state index contributed by atoms with van der Waals surface area (Å²) >= 11 is 0. The predicted molar refractivity (Wildman–Crippen MR) is 297 cm³/mol. The lowest BCUT2D eigenvalue weighted by Crippen LogP contribution is -2.55. The van der Waals surface area contributed by atoms with Crippen molar-refractivity contribution in [3.63, 3.8) is 0 Å². The quantitative estimate of drug-likeness (QED) is 0.0139. The maximum absolute atomic E-state index is 14.0. The van der Waals surface area contributed by atoms with E-state index in [1.165, 1.54) is 21.8 Å². The van der Waals surface area contributed by atoms with Crippen LogP contribution in [0.25, 0.3) is 17.2 Å². The number of aromatic nitrogens is 2. The van der Waals surface area contributed by atoms with Gasteiger partial charge in [0, 0.05) is 61.6 Å². The molecule has 0 atom stereocenters. The molecule has 86 heavy (non-hydrogen) atoms. The normalized spacial score (nSPS) is 13.9. The van der Waals surface area contributed by atoms with E-state index >= 15 is 0 Å². The molecule has 2 aliphatic heterocycles. The van der Waals surface area contributed by atoms with Crippen LogP contribution in [-0.4, -0.2) is 228 Å². The fourth-order valence-electron chi connectivity index (χ4n) is 7.81. The van der Waals surface area contributed by atoms with E-state index in [-0.39, 0.29) is 89.1 Å². The molecule has 0 saturated carbocycles. The van der Waals surface area contributed by atoms with Crippen LogP contribution in [0, 0.1) is 29.2 Å². The Hall–Kier alpha value is -5.63. The van der Waals surface area contributed by atoms with Crippen LogP contribution in [0.3, 0.4) is 0 Å². The fourth-order valence-corrected chi connectivity index (χ4v) is 9.89. The molecule has 2 amide bonds. The summed E-state index contributed by atoms with van der Waals surface area (Å²) in [6.07, 6.45) is 5.05. The monoisotopic (exact) mass is 1270 g/mol. The molecule has 3 heterocycles. The topological polar surface area (TPSA) is 325 Å². The van der Waals surface area contributed by atoms with Crippen LogP contribution < -0.4 is 15.8 Å². The van der Waals surface area contributed by atoms with Gasteiger partial charge in [0.05, 0.1) is 163 Å². The highest BCUT2D eigenvalue weighted by Crippen LogP contribution is 2.34. The molecule has 33 heteroatoms. The summed E-state index contributed by atoms with van der Waals surface area (Å²) in [5.41, 5.74) is 9.09. The largest absolute Gasteiger partial charge is 0.420 e. The van der Waals surface area contributed by atoms with Crippen LogP contribution in [0.5, 0.6) is 5.75 Å². The molecule has 1 aromatic heterocycles. The van der Waals surface area contributed by atoms with Gasteiger partial charge in [-0.05, 0) is 31.1 Å². The van der Waals surface area contributed by atoms with E-state index < -0.39 is 66.6 Å². The van der Waals surface area contributed by atoms with Gasteiger partial charge in [-0.25, -0.2) is 18.8 Å². The third kappa shape index (κ3) is 23.8.